The summed E-state index contributed by atoms with van der Waals surface area (Å²) in [5, 5.41) is 10.9. The van der Waals surface area contributed by atoms with Gasteiger partial charge in [0.25, 0.3) is 0 Å². The van der Waals surface area contributed by atoms with E-state index in [0.717, 1.165) is 37.7 Å². The Kier molecular flexibility index (Phi) is 7.02. The van der Waals surface area contributed by atoms with Gasteiger partial charge in [-0.1, -0.05) is 44.2 Å². The predicted octanol–water partition coefficient (Wildman–Crippen LogP) is 8.03. The summed E-state index contributed by atoms with van der Waals surface area (Å²) in [6, 6.07) is 12.8. The number of hydrogen-bond acceptors (Lipinski definition) is 6. The highest BCUT2D eigenvalue weighted by Crippen LogP contribution is 2.79. The lowest BCUT2D eigenvalue weighted by atomic mass is 9.32. The molecule has 0 unspecified atom stereocenters. The quantitative estimate of drug-likeness (QED) is 0.246. The second-order valence-electron chi connectivity index (χ2n) is 15.7. The maximum Gasteiger partial charge on any atom is 0.573 e. The molecular formula is C39H42F3NO6. The van der Waals surface area contributed by atoms with Gasteiger partial charge in [-0.2, -0.15) is 0 Å². The summed E-state index contributed by atoms with van der Waals surface area (Å²) >= 11 is 0. The minimum absolute atomic E-state index is 0.00770. The average molecular weight is 678 g/mol. The van der Waals surface area contributed by atoms with Crippen molar-refractivity contribution in [2.75, 3.05) is 13.7 Å². The molecule has 49 heavy (non-hydrogen) atoms. The maximum absolute atomic E-state index is 14.7. The van der Waals surface area contributed by atoms with Crippen LogP contribution in [-0.4, -0.2) is 53.6 Å². The zero-order valence-electron chi connectivity index (χ0n) is 28.0. The SMILES string of the molecule is COc1ccc(C(=O)C2=C[C@@]34C=C[C@@]25[C@@H]2CC[C@@]6(CN(Cc7ccc(OC(F)(F)F)cc7)C(=O)O6)[C@@]2(C)CC[C@@H]5[C@@]3(C)CC[C@H](O)C4)cc1. The van der Waals surface area contributed by atoms with Crippen LogP contribution >= 0.6 is 0 Å². The molecule has 3 spiro atoms. The molecule has 7 nitrogen and oxygen atoms in total. The number of carbonyl (C=O) groups excluding carboxylic acids is 2. The second kappa shape index (κ2) is 10.6. The van der Waals surface area contributed by atoms with E-state index in [1.807, 2.05) is 24.3 Å². The van der Waals surface area contributed by atoms with Crippen LogP contribution in [-0.2, 0) is 11.3 Å². The number of benzene rings is 2. The van der Waals surface area contributed by atoms with Crippen molar-refractivity contribution < 1.29 is 42.1 Å². The van der Waals surface area contributed by atoms with E-state index in [2.05, 4.69) is 36.8 Å². The summed E-state index contributed by atoms with van der Waals surface area (Å²) in [6.45, 7) is 5.17. The molecule has 1 heterocycles. The summed E-state index contributed by atoms with van der Waals surface area (Å²) in [5.41, 5.74) is -0.270. The fourth-order valence-corrected chi connectivity index (χ4v) is 11.4. The molecule has 260 valence electrons. The van der Waals surface area contributed by atoms with Gasteiger partial charge in [0, 0.05) is 33.9 Å². The lowest BCUT2D eigenvalue weighted by Crippen LogP contribution is -2.67. The molecule has 4 fully saturated rings. The van der Waals surface area contributed by atoms with Crippen LogP contribution in [0.15, 0.2) is 72.3 Å². The summed E-state index contributed by atoms with van der Waals surface area (Å²) in [7, 11) is 1.60. The fourth-order valence-electron chi connectivity index (χ4n) is 11.4. The molecule has 9 rings (SSSR count). The summed E-state index contributed by atoms with van der Waals surface area (Å²) in [4.78, 5) is 29.9. The summed E-state index contributed by atoms with van der Waals surface area (Å²) in [5.74, 6) is 0.557. The Labute approximate surface area is 284 Å². The topological polar surface area (TPSA) is 85.3 Å². The van der Waals surface area contributed by atoms with Gasteiger partial charge in [-0.15, -0.1) is 13.2 Å². The number of allylic oxidation sites excluding steroid dienone is 4. The van der Waals surface area contributed by atoms with Crippen LogP contribution in [0.1, 0.15) is 74.7 Å². The lowest BCUT2D eigenvalue weighted by molar-refractivity contribution is -0.274. The highest BCUT2D eigenvalue weighted by Gasteiger charge is 2.76. The number of ether oxygens (including phenoxy) is 3. The standard InChI is InChI=1S/C39H42F3NO6/c1-34-15-12-26(44)20-36(34)18-19-38(29(21-36)32(45)25-6-10-27(47-3)11-7-25)30(34)13-16-35(2)31(38)14-17-37(35)23-43(33(46)49-37)22-24-4-8-28(9-5-24)48-39(40,41)42/h4-11,18-19,21,26,30-31,44H,12-17,20,22-23H2,1-3H3/t26-,30+,31+,34+,35-,36-,37+,38+/m0/s1. The lowest BCUT2D eigenvalue weighted by Gasteiger charge is -2.71. The van der Waals surface area contributed by atoms with Crippen molar-refractivity contribution in [1.29, 1.82) is 0 Å². The first-order valence-electron chi connectivity index (χ1n) is 17.3. The maximum atomic E-state index is 14.7. The van der Waals surface area contributed by atoms with Crippen molar-refractivity contribution >= 4 is 11.9 Å². The van der Waals surface area contributed by atoms with Crippen LogP contribution in [0.2, 0.25) is 0 Å². The van der Waals surface area contributed by atoms with Crippen LogP contribution < -0.4 is 9.47 Å². The molecule has 1 saturated heterocycles. The number of alkyl halides is 3. The first-order valence-corrected chi connectivity index (χ1v) is 17.3. The van der Waals surface area contributed by atoms with Crippen LogP contribution in [0, 0.1) is 33.5 Å². The molecule has 1 aliphatic heterocycles. The Morgan fingerprint density at radius 3 is 2.29 bits per heavy atom. The highest BCUT2D eigenvalue weighted by molar-refractivity contribution is 6.10. The highest BCUT2D eigenvalue weighted by atomic mass is 19.4. The van der Waals surface area contributed by atoms with Crippen molar-refractivity contribution in [2.45, 2.75) is 83.4 Å². The molecule has 3 saturated carbocycles. The van der Waals surface area contributed by atoms with Crippen molar-refractivity contribution in [2.24, 2.45) is 33.5 Å². The van der Waals surface area contributed by atoms with E-state index < -0.39 is 40.4 Å². The normalized spacial score (nSPS) is 38.8. The van der Waals surface area contributed by atoms with E-state index in [4.69, 9.17) is 9.47 Å². The average Bonchev–Trinajstić information content (AvgIpc) is 3.54. The van der Waals surface area contributed by atoms with E-state index in [0.29, 0.717) is 36.3 Å². The van der Waals surface area contributed by atoms with Gasteiger partial charge in [-0.25, -0.2) is 4.79 Å². The molecule has 2 aromatic rings. The molecule has 1 amide bonds. The second-order valence-corrected chi connectivity index (χ2v) is 15.7. The number of aliphatic hydroxyl groups is 1. The number of aliphatic hydroxyl groups excluding tert-OH is 1. The monoisotopic (exact) mass is 677 g/mol. The Bertz CT molecular complexity index is 1750. The zero-order chi connectivity index (χ0) is 34.6. The largest absolute Gasteiger partial charge is 0.573 e. The third kappa shape index (κ3) is 4.51. The van der Waals surface area contributed by atoms with Gasteiger partial charge in [0.15, 0.2) is 5.78 Å². The van der Waals surface area contributed by atoms with Crippen molar-refractivity contribution in [3.8, 4) is 11.5 Å². The zero-order valence-corrected chi connectivity index (χ0v) is 28.0. The molecule has 2 bridgehead atoms. The van der Waals surface area contributed by atoms with Gasteiger partial charge >= 0.3 is 12.5 Å². The summed E-state index contributed by atoms with van der Waals surface area (Å²) in [6.07, 6.45) is 6.50. The minimum Gasteiger partial charge on any atom is -0.497 e. The Hall–Kier alpha value is -3.79. The third-order valence-electron chi connectivity index (χ3n) is 13.8. The van der Waals surface area contributed by atoms with Gasteiger partial charge in [-0.05, 0) is 104 Å². The Balaban J connectivity index is 1.15. The number of carbonyl (C=O) groups is 2. The van der Waals surface area contributed by atoms with Gasteiger partial charge < -0.3 is 19.3 Å². The number of ketones is 1. The fraction of sp³-hybridized carbons (Fsp3) is 0.538. The molecule has 8 atom stereocenters. The molecule has 10 heteroatoms. The first-order chi connectivity index (χ1) is 23.2. The molecule has 1 N–H and O–H groups in total. The first kappa shape index (κ1) is 32.4. The Morgan fingerprint density at radius 1 is 0.939 bits per heavy atom. The number of nitrogens with zero attached hydrogens (tertiary/aromatic N) is 1. The third-order valence-corrected chi connectivity index (χ3v) is 13.8. The van der Waals surface area contributed by atoms with E-state index >= 15 is 0 Å². The van der Waals surface area contributed by atoms with Gasteiger partial charge in [-0.3, -0.25) is 9.69 Å². The smallest absolute Gasteiger partial charge is 0.497 e. The van der Waals surface area contributed by atoms with Crippen LogP contribution in [0.4, 0.5) is 18.0 Å². The van der Waals surface area contributed by atoms with Crippen LogP contribution in [0.5, 0.6) is 11.5 Å². The van der Waals surface area contributed by atoms with Crippen molar-refractivity contribution in [3.05, 3.63) is 83.5 Å². The number of fused-ring (bicyclic) bond motifs is 2. The molecule has 6 aliphatic carbocycles. The van der Waals surface area contributed by atoms with Gasteiger partial charge in [0.05, 0.1) is 19.8 Å². The summed E-state index contributed by atoms with van der Waals surface area (Å²) < 4.78 is 53.9. The number of rotatable bonds is 6. The molecule has 7 aliphatic rings. The van der Waals surface area contributed by atoms with Crippen LogP contribution in [0.25, 0.3) is 0 Å². The van der Waals surface area contributed by atoms with E-state index in [-0.39, 0.29) is 35.3 Å². The Morgan fingerprint density at radius 2 is 1.59 bits per heavy atom. The number of Topliss-reactive ketones (excluding diaryl/α,β-unsaturated/α-hetero) is 1. The predicted molar refractivity (Wildman–Crippen MR) is 174 cm³/mol. The number of amides is 1. The number of halogens is 3. The van der Waals surface area contributed by atoms with Gasteiger partial charge in [0.2, 0.25) is 0 Å². The number of hydrogen-bond donors (Lipinski definition) is 1. The molecule has 0 radical (unpaired) electrons. The number of methoxy groups -OCH3 is 1. The van der Waals surface area contributed by atoms with Crippen LogP contribution in [0.3, 0.4) is 0 Å². The van der Waals surface area contributed by atoms with Gasteiger partial charge in [0.1, 0.15) is 17.1 Å². The molecule has 0 aromatic heterocycles. The molecular weight excluding hydrogens is 635 g/mol. The van der Waals surface area contributed by atoms with E-state index in [1.165, 1.54) is 24.3 Å². The van der Waals surface area contributed by atoms with Crippen molar-refractivity contribution in [1.82, 2.24) is 4.90 Å². The van der Waals surface area contributed by atoms with E-state index in [1.54, 1.807) is 12.0 Å². The molecule has 2 aromatic carbocycles. The van der Waals surface area contributed by atoms with E-state index in [9.17, 15) is 27.9 Å². The minimum atomic E-state index is -4.78. The van der Waals surface area contributed by atoms with Crippen molar-refractivity contribution in [3.63, 3.8) is 0 Å².